The maximum atomic E-state index is 16.1. The Kier molecular flexibility index (Phi) is 6.00. The summed E-state index contributed by atoms with van der Waals surface area (Å²) in [7, 11) is 0. The second kappa shape index (κ2) is 9.30. The van der Waals surface area contributed by atoms with Crippen LogP contribution in [0.2, 0.25) is 0 Å². The number of aromatic nitrogens is 1. The van der Waals surface area contributed by atoms with Crippen LogP contribution in [0.4, 0.5) is 13.2 Å². The van der Waals surface area contributed by atoms with Crippen LogP contribution in [0, 0.1) is 17.6 Å². The van der Waals surface area contributed by atoms with Gasteiger partial charge >= 0.3 is 0 Å². The van der Waals surface area contributed by atoms with Crippen LogP contribution >= 0.6 is 0 Å². The van der Waals surface area contributed by atoms with Crippen LogP contribution in [0.15, 0.2) is 36.4 Å². The summed E-state index contributed by atoms with van der Waals surface area (Å²) in [6, 6.07) is 10.6. The summed E-state index contributed by atoms with van der Waals surface area (Å²) in [4.78, 5) is 8.19. The number of likely N-dealkylation sites (tertiary alicyclic amines) is 1. The van der Waals surface area contributed by atoms with Gasteiger partial charge in [0.25, 0.3) is 0 Å². The molecule has 4 nitrogen and oxygen atoms in total. The number of hydrogen-bond acceptors (Lipinski definition) is 3. The van der Waals surface area contributed by atoms with Crippen molar-refractivity contribution >= 4 is 10.9 Å². The Morgan fingerprint density at radius 3 is 2.63 bits per heavy atom. The number of rotatable bonds is 7. The number of nitrogens with zero attached hydrogens (tertiary/aromatic N) is 2. The highest BCUT2D eigenvalue weighted by molar-refractivity contribution is 5.85. The van der Waals surface area contributed by atoms with E-state index in [-0.39, 0.29) is 35.7 Å². The molecule has 3 heterocycles. The number of ether oxygens (including phenoxy) is 1. The highest BCUT2D eigenvalue weighted by atomic mass is 19.1. The first-order valence-corrected chi connectivity index (χ1v) is 14.3. The zero-order valence-electron chi connectivity index (χ0n) is 22.0. The number of aromatic amines is 1. The Hall–Kier alpha value is -2.51. The molecule has 8 rings (SSSR count). The van der Waals surface area contributed by atoms with Crippen LogP contribution in [-0.2, 0) is 6.42 Å². The number of alkyl halides is 1. The molecule has 1 saturated heterocycles. The fourth-order valence-corrected chi connectivity index (χ4v) is 8.18. The van der Waals surface area contributed by atoms with E-state index in [4.69, 9.17) is 4.74 Å². The molecule has 0 amide bonds. The Labute approximate surface area is 222 Å². The lowest BCUT2D eigenvalue weighted by atomic mass is 9.72. The summed E-state index contributed by atoms with van der Waals surface area (Å²) < 4.78 is 50.7. The molecule has 1 N–H and O–H groups in total. The molecule has 7 heteroatoms. The molecular formula is C31H36F3N3O. The van der Waals surface area contributed by atoms with Gasteiger partial charge < -0.3 is 9.72 Å². The molecule has 0 radical (unpaired) electrons. The molecule has 202 valence electrons. The summed E-state index contributed by atoms with van der Waals surface area (Å²) in [6.45, 7) is 4.04. The number of fused-ring (bicyclic) bond motifs is 4. The standard InChI is InChI=1S/C31H36F3N3O/c1-19-13-24-23-5-2-3-6-27(23)35-29(24)30(37(19)31-9-7-20(16-31)17-31)28-25(33)14-22(15-26(28)34)38-21-8-12-36(18-21)11-4-10-32/h2-3,5-6,14-15,19-21,30,35H,4,7-13,16-18H2,1H3/t19-,20?,21+,30-,31?/m1/s1. The van der Waals surface area contributed by atoms with E-state index in [1.165, 1.54) is 24.1 Å². The maximum Gasteiger partial charge on any atom is 0.135 e. The molecule has 2 bridgehead atoms. The third kappa shape index (κ3) is 3.88. The summed E-state index contributed by atoms with van der Waals surface area (Å²) in [5, 5.41) is 1.15. The van der Waals surface area contributed by atoms with Crippen LogP contribution in [0.3, 0.4) is 0 Å². The number of halogens is 3. The summed E-state index contributed by atoms with van der Waals surface area (Å²) in [5.41, 5.74) is 3.27. The number of hydrogen-bond donors (Lipinski definition) is 1. The smallest absolute Gasteiger partial charge is 0.135 e. The zero-order valence-corrected chi connectivity index (χ0v) is 22.0. The topological polar surface area (TPSA) is 31.5 Å². The third-order valence-electron chi connectivity index (χ3n) is 9.74. The number of benzene rings is 2. The molecule has 2 aliphatic heterocycles. The predicted octanol–water partition coefficient (Wildman–Crippen LogP) is 6.54. The Balaban J connectivity index is 1.26. The van der Waals surface area contributed by atoms with Gasteiger partial charge in [0.1, 0.15) is 23.5 Å². The SMILES string of the molecule is C[C@@H]1Cc2c([nH]c3ccccc23)[C@@H](c2c(F)cc(O[C@H]3CCN(CCCF)C3)cc2F)N1C12CCC(C1)C2. The molecule has 4 fully saturated rings. The van der Waals surface area contributed by atoms with E-state index in [1.54, 1.807) is 0 Å². The Morgan fingerprint density at radius 1 is 1.11 bits per heavy atom. The van der Waals surface area contributed by atoms with Crippen molar-refractivity contribution in [2.45, 2.75) is 75.6 Å². The van der Waals surface area contributed by atoms with Gasteiger partial charge in [0.05, 0.1) is 12.7 Å². The van der Waals surface area contributed by atoms with Gasteiger partial charge in [-0.15, -0.1) is 0 Å². The molecule has 3 aliphatic carbocycles. The molecule has 2 aromatic carbocycles. The maximum absolute atomic E-state index is 16.1. The van der Waals surface area contributed by atoms with E-state index in [9.17, 15) is 4.39 Å². The van der Waals surface area contributed by atoms with Crippen molar-refractivity contribution in [3.63, 3.8) is 0 Å². The van der Waals surface area contributed by atoms with E-state index in [1.807, 2.05) is 12.1 Å². The second-order valence-corrected chi connectivity index (χ2v) is 12.1. The van der Waals surface area contributed by atoms with Crippen LogP contribution in [-0.4, -0.2) is 58.8 Å². The van der Waals surface area contributed by atoms with Gasteiger partial charge in [-0.3, -0.25) is 14.2 Å². The fraction of sp³-hybridized carbons (Fsp3) is 0.548. The van der Waals surface area contributed by atoms with Gasteiger partial charge in [-0.05, 0) is 69.4 Å². The van der Waals surface area contributed by atoms with E-state index < -0.39 is 17.7 Å². The van der Waals surface area contributed by atoms with Crippen molar-refractivity contribution in [1.82, 2.24) is 14.8 Å². The molecule has 1 aromatic heterocycles. The zero-order chi connectivity index (χ0) is 26.0. The Bertz CT molecular complexity index is 1320. The summed E-state index contributed by atoms with van der Waals surface area (Å²) in [5.74, 6) is -0.123. The van der Waals surface area contributed by atoms with E-state index >= 15 is 8.78 Å². The normalized spacial score (nSPS) is 31.1. The highest BCUT2D eigenvalue weighted by Gasteiger charge is 2.58. The molecule has 3 aromatic rings. The lowest BCUT2D eigenvalue weighted by molar-refractivity contribution is -0.0356. The predicted molar refractivity (Wildman–Crippen MR) is 142 cm³/mol. The molecule has 0 spiro atoms. The molecular weight excluding hydrogens is 487 g/mol. The van der Waals surface area contributed by atoms with Crippen molar-refractivity contribution < 1.29 is 17.9 Å². The number of para-hydroxylation sites is 1. The first-order valence-electron chi connectivity index (χ1n) is 14.3. The third-order valence-corrected chi connectivity index (χ3v) is 9.74. The first-order chi connectivity index (χ1) is 18.5. The second-order valence-electron chi connectivity index (χ2n) is 12.1. The van der Waals surface area contributed by atoms with Crippen LogP contribution < -0.4 is 4.74 Å². The lowest BCUT2D eigenvalue weighted by Crippen LogP contribution is -2.59. The van der Waals surface area contributed by atoms with E-state index in [2.05, 4.69) is 33.8 Å². The van der Waals surface area contributed by atoms with Crippen molar-refractivity contribution in [2.24, 2.45) is 5.92 Å². The lowest BCUT2D eigenvalue weighted by Gasteiger charge is -2.55. The molecule has 5 aliphatic rings. The van der Waals surface area contributed by atoms with Crippen LogP contribution in [0.1, 0.15) is 68.3 Å². The van der Waals surface area contributed by atoms with Crippen molar-refractivity contribution in [2.75, 3.05) is 26.3 Å². The van der Waals surface area contributed by atoms with Crippen molar-refractivity contribution in [1.29, 1.82) is 0 Å². The monoisotopic (exact) mass is 523 g/mol. The fourth-order valence-electron chi connectivity index (χ4n) is 8.18. The average molecular weight is 524 g/mol. The molecule has 0 unspecified atom stereocenters. The molecule has 3 saturated carbocycles. The van der Waals surface area contributed by atoms with Crippen LogP contribution in [0.5, 0.6) is 5.75 Å². The van der Waals surface area contributed by atoms with Gasteiger partial charge in [0.15, 0.2) is 0 Å². The largest absolute Gasteiger partial charge is 0.489 e. The Morgan fingerprint density at radius 2 is 1.89 bits per heavy atom. The van der Waals surface area contributed by atoms with Gasteiger partial charge in [-0.1, -0.05) is 18.2 Å². The quantitative estimate of drug-likeness (QED) is 0.382. The minimum absolute atomic E-state index is 0.0186. The molecule has 38 heavy (non-hydrogen) atoms. The van der Waals surface area contributed by atoms with Crippen molar-refractivity contribution in [3.05, 3.63) is 64.9 Å². The summed E-state index contributed by atoms with van der Waals surface area (Å²) >= 11 is 0. The van der Waals surface area contributed by atoms with Crippen LogP contribution in [0.25, 0.3) is 10.9 Å². The van der Waals surface area contributed by atoms with E-state index in [0.29, 0.717) is 19.5 Å². The first kappa shape index (κ1) is 24.5. The number of nitrogens with one attached hydrogen (secondary N) is 1. The average Bonchev–Trinajstić information content (AvgIpc) is 3.65. The minimum atomic E-state index is -0.550. The van der Waals surface area contributed by atoms with Gasteiger partial charge in [0, 0.05) is 65.5 Å². The van der Waals surface area contributed by atoms with Gasteiger partial charge in [-0.2, -0.15) is 0 Å². The van der Waals surface area contributed by atoms with Gasteiger partial charge in [-0.25, -0.2) is 8.78 Å². The molecule has 3 atom stereocenters. The summed E-state index contributed by atoms with van der Waals surface area (Å²) in [6.07, 6.45) is 6.54. The number of H-pyrrole nitrogens is 1. The minimum Gasteiger partial charge on any atom is -0.489 e. The van der Waals surface area contributed by atoms with Crippen molar-refractivity contribution in [3.8, 4) is 5.75 Å². The van der Waals surface area contributed by atoms with Gasteiger partial charge in [0.2, 0.25) is 0 Å². The van der Waals surface area contributed by atoms with E-state index in [0.717, 1.165) is 61.2 Å². The highest BCUT2D eigenvalue weighted by Crippen LogP contribution is 2.60.